The van der Waals surface area contributed by atoms with E-state index in [1.165, 1.54) is 0 Å². The second kappa shape index (κ2) is 4.82. The second-order valence-electron chi connectivity index (χ2n) is 1.91. The van der Waals surface area contributed by atoms with E-state index in [1.54, 1.807) is 0 Å². The first-order chi connectivity index (χ1) is 6.65. The van der Waals surface area contributed by atoms with Gasteiger partial charge in [-0.3, -0.25) is 4.79 Å². The summed E-state index contributed by atoms with van der Waals surface area (Å²) in [5, 5.41) is 2.31. The van der Waals surface area contributed by atoms with Crippen molar-refractivity contribution in [1.82, 2.24) is 9.36 Å². The fraction of sp³-hybridized carbons (Fsp3) is 0.200. The Hall–Kier alpha value is -1.28. The Morgan fingerprint density at radius 2 is 2.50 bits per heavy atom. The highest BCUT2D eigenvalue weighted by Gasteiger charge is 2.17. The smallest absolute Gasteiger partial charge is 0.278 e. The van der Waals surface area contributed by atoms with Gasteiger partial charge in [0.2, 0.25) is 11.5 Å². The number of hydrogen-bond donors (Lipinski definition) is 1. The van der Waals surface area contributed by atoms with Gasteiger partial charge in [-0.25, -0.2) is 4.39 Å². The zero-order valence-corrected chi connectivity index (χ0v) is 8.18. The summed E-state index contributed by atoms with van der Waals surface area (Å²) < 4.78 is 15.2. The van der Waals surface area contributed by atoms with Crippen molar-refractivity contribution in [2.24, 2.45) is 5.16 Å². The van der Waals surface area contributed by atoms with Crippen molar-refractivity contribution in [3.8, 4) is 0 Å². The van der Waals surface area contributed by atoms with Crippen LogP contribution >= 0.6 is 23.1 Å². The molecule has 2 N–H and O–H groups in total. The van der Waals surface area contributed by atoms with Gasteiger partial charge in [0, 0.05) is 11.5 Å². The quantitative estimate of drug-likeness (QED) is 0.470. The maximum Gasteiger partial charge on any atom is 0.278 e. The molecule has 1 rings (SSSR count). The zero-order valence-electron chi connectivity index (χ0n) is 6.61. The van der Waals surface area contributed by atoms with Crippen LogP contribution < -0.4 is 5.73 Å². The van der Waals surface area contributed by atoms with Crippen molar-refractivity contribution in [2.75, 3.05) is 12.6 Å². The predicted octanol–water partition coefficient (Wildman–Crippen LogP) is 0.533. The van der Waals surface area contributed by atoms with E-state index in [0.717, 1.165) is 11.5 Å². The van der Waals surface area contributed by atoms with Crippen molar-refractivity contribution < 1.29 is 14.0 Å². The molecule has 1 aromatic heterocycles. The normalized spacial score (nSPS) is 11.4. The minimum atomic E-state index is -1.17. The van der Waals surface area contributed by atoms with Crippen LogP contribution in [0.15, 0.2) is 5.16 Å². The summed E-state index contributed by atoms with van der Waals surface area (Å²) in [5.74, 6) is -0.0825. The zero-order chi connectivity index (χ0) is 10.6. The highest BCUT2D eigenvalue weighted by atomic mass is 35.5. The van der Waals surface area contributed by atoms with Crippen LogP contribution in [0, 0.1) is 0 Å². The number of carbonyl (C=O) groups excluding carboxylic acids is 1. The molecule has 6 nitrogen and oxygen atoms in total. The van der Waals surface area contributed by atoms with E-state index in [-0.39, 0.29) is 16.7 Å². The predicted molar refractivity (Wildman–Crippen MR) is 48.8 cm³/mol. The van der Waals surface area contributed by atoms with Crippen LogP contribution in [0.4, 0.5) is 9.52 Å². The molecular weight excluding hydrogens is 235 g/mol. The maximum absolute atomic E-state index is 11.6. The first-order valence-electron chi connectivity index (χ1n) is 3.20. The summed E-state index contributed by atoms with van der Waals surface area (Å²) in [7, 11) is 0. The number of oxime groups is 1. The Morgan fingerprint density at radius 1 is 1.79 bits per heavy atom. The van der Waals surface area contributed by atoms with Crippen LogP contribution in [0.1, 0.15) is 5.82 Å². The molecule has 0 aliphatic rings. The molecule has 0 saturated carbocycles. The van der Waals surface area contributed by atoms with Crippen LogP contribution in [0.25, 0.3) is 0 Å². The fourth-order valence-electron chi connectivity index (χ4n) is 0.585. The van der Waals surface area contributed by atoms with Gasteiger partial charge in [0.05, 0.1) is 0 Å². The molecule has 0 spiro atoms. The van der Waals surface area contributed by atoms with Gasteiger partial charge in [0.25, 0.3) is 12.1 Å². The van der Waals surface area contributed by atoms with E-state index >= 15 is 0 Å². The van der Waals surface area contributed by atoms with Crippen molar-refractivity contribution in [3.05, 3.63) is 5.82 Å². The topological polar surface area (TPSA) is 90.5 Å². The van der Waals surface area contributed by atoms with Gasteiger partial charge in [0.15, 0.2) is 5.13 Å². The van der Waals surface area contributed by atoms with E-state index in [9.17, 15) is 9.18 Å². The van der Waals surface area contributed by atoms with Crippen LogP contribution in [0.5, 0.6) is 0 Å². The Morgan fingerprint density at radius 3 is 2.93 bits per heavy atom. The minimum Gasteiger partial charge on any atom is -0.374 e. The largest absolute Gasteiger partial charge is 0.374 e. The van der Waals surface area contributed by atoms with Crippen molar-refractivity contribution >= 4 is 39.2 Å². The lowest BCUT2D eigenvalue weighted by Crippen LogP contribution is -2.12. The Balaban J connectivity index is 2.94. The first-order valence-corrected chi connectivity index (χ1v) is 4.35. The average Bonchev–Trinajstić information content (AvgIpc) is 2.52. The van der Waals surface area contributed by atoms with Gasteiger partial charge in [-0.1, -0.05) is 5.16 Å². The summed E-state index contributed by atoms with van der Waals surface area (Å²) in [4.78, 5) is 18.4. The van der Waals surface area contributed by atoms with Crippen LogP contribution in [0.2, 0.25) is 0 Å². The summed E-state index contributed by atoms with van der Waals surface area (Å²) in [6, 6.07) is 0. The van der Waals surface area contributed by atoms with Gasteiger partial charge < -0.3 is 10.6 Å². The maximum atomic E-state index is 11.6. The van der Waals surface area contributed by atoms with Gasteiger partial charge in [-0.05, 0) is 11.6 Å². The summed E-state index contributed by atoms with van der Waals surface area (Å²) in [5.41, 5.74) is 4.89. The summed E-state index contributed by atoms with van der Waals surface area (Å²) in [6.45, 7) is -1.17. The molecule has 14 heavy (non-hydrogen) atoms. The summed E-state index contributed by atoms with van der Waals surface area (Å²) in [6.07, 6.45) is 0. The van der Waals surface area contributed by atoms with Crippen molar-refractivity contribution in [1.29, 1.82) is 0 Å². The minimum absolute atomic E-state index is 0.0825. The van der Waals surface area contributed by atoms with Gasteiger partial charge >= 0.3 is 0 Å². The molecule has 0 atom stereocenters. The lowest BCUT2D eigenvalue weighted by molar-refractivity contribution is -0.106. The first kappa shape index (κ1) is 10.8. The molecule has 76 valence electrons. The Labute approximate surface area is 86.7 Å². The average molecular weight is 239 g/mol. The third-order valence-electron chi connectivity index (χ3n) is 1.04. The molecule has 9 heteroatoms. The van der Waals surface area contributed by atoms with Crippen molar-refractivity contribution in [2.45, 2.75) is 0 Å². The number of alkyl halides is 1. The van der Waals surface area contributed by atoms with Crippen LogP contribution in [-0.4, -0.2) is 27.2 Å². The van der Waals surface area contributed by atoms with E-state index in [0.29, 0.717) is 0 Å². The number of nitrogens with zero attached hydrogens (tertiary/aromatic N) is 3. The van der Waals surface area contributed by atoms with Crippen LogP contribution in [-0.2, 0) is 9.63 Å². The molecule has 0 fully saturated rings. The number of nitrogens with two attached hydrogens (primary N) is 1. The Bertz CT molecular complexity index is 368. The molecule has 0 aliphatic heterocycles. The standard InChI is InChI=1S/C5H4ClFN4O2S/c6-3(12)2(10-13-1-7)4-9-5(8)14-11-4/h1H2,(H2,8,9,11)/b10-2-. The van der Waals surface area contributed by atoms with Crippen molar-refractivity contribution in [3.63, 3.8) is 0 Å². The molecule has 0 saturated heterocycles. The molecule has 1 aromatic rings. The lowest BCUT2D eigenvalue weighted by Gasteiger charge is -1.93. The lowest BCUT2D eigenvalue weighted by atomic mass is 10.4. The highest BCUT2D eigenvalue weighted by Crippen LogP contribution is 2.08. The van der Waals surface area contributed by atoms with E-state index < -0.39 is 12.1 Å². The molecule has 0 radical (unpaired) electrons. The van der Waals surface area contributed by atoms with Gasteiger partial charge in [-0.2, -0.15) is 9.36 Å². The monoisotopic (exact) mass is 238 g/mol. The van der Waals surface area contributed by atoms with Gasteiger partial charge in [-0.15, -0.1) is 0 Å². The van der Waals surface area contributed by atoms with Gasteiger partial charge in [0.1, 0.15) is 0 Å². The highest BCUT2D eigenvalue weighted by molar-refractivity contribution is 7.09. The molecule has 0 aliphatic carbocycles. The number of anilines is 1. The third kappa shape index (κ3) is 2.60. The number of carbonyl (C=O) groups is 1. The molecule has 0 bridgehead atoms. The summed E-state index contributed by atoms with van der Waals surface area (Å²) >= 11 is 5.99. The van der Waals surface area contributed by atoms with Crippen LogP contribution in [0.3, 0.4) is 0 Å². The molecule has 0 amide bonds. The fourth-order valence-corrected chi connectivity index (χ4v) is 1.14. The van der Waals surface area contributed by atoms with E-state index in [2.05, 4.69) is 19.4 Å². The Kier molecular flexibility index (Phi) is 3.72. The number of halogens is 2. The third-order valence-corrected chi connectivity index (χ3v) is 1.77. The molecule has 0 unspecified atom stereocenters. The number of aromatic nitrogens is 2. The molecule has 1 heterocycles. The number of hydrogen-bond acceptors (Lipinski definition) is 7. The second-order valence-corrected chi connectivity index (χ2v) is 3.03. The number of nitrogen functional groups attached to an aromatic ring is 1. The number of rotatable bonds is 4. The van der Waals surface area contributed by atoms with E-state index in [4.69, 9.17) is 17.3 Å². The van der Waals surface area contributed by atoms with E-state index in [1.807, 2.05) is 0 Å². The molecule has 0 aromatic carbocycles. The molecular formula is C5H4ClFN4O2S. The SMILES string of the molecule is Nc1nc(/C(=N\OCF)C(=O)Cl)ns1.